The number of thioether (sulfide) groups is 1. The third kappa shape index (κ3) is 4.64. The van der Waals surface area contributed by atoms with Gasteiger partial charge in [0.1, 0.15) is 11.3 Å². The van der Waals surface area contributed by atoms with Crippen LogP contribution < -0.4 is 20.9 Å². The van der Waals surface area contributed by atoms with Gasteiger partial charge in [-0.15, -0.1) is 11.8 Å². The van der Waals surface area contributed by atoms with Crippen LogP contribution in [0.25, 0.3) is 5.65 Å². The summed E-state index contributed by atoms with van der Waals surface area (Å²) in [5.41, 5.74) is 7.58. The van der Waals surface area contributed by atoms with Crippen molar-refractivity contribution in [2.75, 3.05) is 0 Å². The fourth-order valence-electron chi connectivity index (χ4n) is 4.13. The van der Waals surface area contributed by atoms with E-state index in [1.807, 2.05) is 6.07 Å². The Morgan fingerprint density at radius 3 is 2.97 bits per heavy atom. The number of aromatic nitrogens is 3. The van der Waals surface area contributed by atoms with Crippen LogP contribution >= 0.6 is 11.8 Å². The summed E-state index contributed by atoms with van der Waals surface area (Å²) in [6, 6.07) is 6.34. The molecule has 5 rings (SSSR count). The lowest BCUT2D eigenvalue weighted by atomic mass is 10.0. The van der Waals surface area contributed by atoms with Crippen molar-refractivity contribution in [3.05, 3.63) is 65.9 Å². The van der Waals surface area contributed by atoms with E-state index < -0.39 is 18.6 Å². The van der Waals surface area contributed by atoms with Crippen LogP contribution in [0, 0.1) is 0 Å². The summed E-state index contributed by atoms with van der Waals surface area (Å²) < 4.78 is 32.5. The Bertz CT molecular complexity index is 1190. The molecule has 0 spiro atoms. The molecule has 8 nitrogen and oxygen atoms in total. The molecule has 2 aromatic heterocycles. The number of hydrogen-bond donors (Lipinski definition) is 3. The van der Waals surface area contributed by atoms with Crippen molar-refractivity contribution in [1.82, 2.24) is 30.8 Å². The number of halogens is 2. The molecule has 2 aliphatic rings. The van der Waals surface area contributed by atoms with E-state index in [4.69, 9.17) is 4.74 Å². The number of alkyl halides is 2. The van der Waals surface area contributed by atoms with E-state index in [0.717, 1.165) is 17.7 Å². The van der Waals surface area contributed by atoms with Crippen LogP contribution in [0.5, 0.6) is 5.75 Å². The van der Waals surface area contributed by atoms with Gasteiger partial charge in [0.15, 0.2) is 5.65 Å². The van der Waals surface area contributed by atoms with Crippen LogP contribution in [0.15, 0.2) is 59.6 Å². The summed E-state index contributed by atoms with van der Waals surface area (Å²) in [4.78, 5) is 18.1. The molecule has 1 aromatic carbocycles. The molecular formula is C22H22F2N6O2S. The fourth-order valence-corrected chi connectivity index (χ4v) is 5.43. The molecule has 1 amide bonds. The largest absolute Gasteiger partial charge is 0.434 e. The van der Waals surface area contributed by atoms with Gasteiger partial charge >= 0.3 is 6.61 Å². The first-order valence-corrected chi connectivity index (χ1v) is 11.5. The number of amides is 1. The summed E-state index contributed by atoms with van der Waals surface area (Å²) in [5, 5.41) is 7.50. The predicted molar refractivity (Wildman–Crippen MR) is 119 cm³/mol. The Morgan fingerprint density at radius 1 is 1.30 bits per heavy atom. The van der Waals surface area contributed by atoms with E-state index >= 15 is 0 Å². The highest BCUT2D eigenvalue weighted by molar-refractivity contribution is 8.00. The molecule has 1 aliphatic carbocycles. The van der Waals surface area contributed by atoms with Crippen LogP contribution in [0.3, 0.4) is 0 Å². The molecule has 1 saturated carbocycles. The number of ether oxygens (including phenoxy) is 1. The van der Waals surface area contributed by atoms with Crippen LogP contribution in [-0.4, -0.2) is 32.4 Å². The molecule has 3 N–H and O–H groups in total. The van der Waals surface area contributed by atoms with Gasteiger partial charge in [-0.05, 0) is 37.1 Å². The Labute approximate surface area is 192 Å². The second-order valence-corrected chi connectivity index (χ2v) is 9.20. The Kier molecular flexibility index (Phi) is 6.14. The smallest absolute Gasteiger partial charge is 0.387 e. The van der Waals surface area contributed by atoms with Crippen molar-refractivity contribution in [2.45, 2.75) is 48.5 Å². The SMILES string of the molecule is O=C(NC1=CNNC1c1cc(SC2CCCC2)ccc1OC(F)F)c1cnn2cccnc12. The molecule has 3 aromatic rings. The van der Waals surface area contributed by atoms with Gasteiger partial charge in [-0.3, -0.25) is 4.79 Å². The van der Waals surface area contributed by atoms with Crippen molar-refractivity contribution >= 4 is 23.3 Å². The van der Waals surface area contributed by atoms with E-state index in [2.05, 4.69) is 26.3 Å². The molecule has 1 aliphatic heterocycles. The minimum atomic E-state index is -2.96. The summed E-state index contributed by atoms with van der Waals surface area (Å²) in [7, 11) is 0. The molecule has 0 bridgehead atoms. The molecule has 11 heteroatoms. The lowest BCUT2D eigenvalue weighted by Crippen LogP contribution is -2.31. The number of benzene rings is 1. The number of carbonyl (C=O) groups is 1. The van der Waals surface area contributed by atoms with Crippen molar-refractivity contribution in [2.24, 2.45) is 0 Å². The molecular weight excluding hydrogens is 450 g/mol. The molecule has 3 heterocycles. The number of hydrogen-bond acceptors (Lipinski definition) is 7. The molecule has 1 atom stereocenters. The number of rotatable bonds is 7. The highest BCUT2D eigenvalue weighted by atomic mass is 32.2. The molecule has 0 radical (unpaired) electrons. The van der Waals surface area contributed by atoms with Gasteiger partial charge in [-0.1, -0.05) is 12.8 Å². The zero-order valence-corrected chi connectivity index (χ0v) is 18.3. The maximum atomic E-state index is 13.1. The predicted octanol–water partition coefficient (Wildman–Crippen LogP) is 3.79. The first kappa shape index (κ1) is 21.7. The number of fused-ring (bicyclic) bond motifs is 1. The molecule has 1 fully saturated rings. The second kappa shape index (κ2) is 9.36. The molecule has 1 unspecified atom stereocenters. The Hall–Kier alpha value is -3.18. The van der Waals surface area contributed by atoms with Crippen molar-refractivity contribution in [1.29, 1.82) is 0 Å². The Balaban J connectivity index is 1.40. The fraction of sp³-hybridized carbons (Fsp3) is 0.318. The van der Waals surface area contributed by atoms with Crippen molar-refractivity contribution in [3.8, 4) is 5.75 Å². The molecule has 33 heavy (non-hydrogen) atoms. The monoisotopic (exact) mass is 472 g/mol. The Morgan fingerprint density at radius 2 is 2.15 bits per heavy atom. The van der Waals surface area contributed by atoms with Crippen LogP contribution in [-0.2, 0) is 0 Å². The molecule has 172 valence electrons. The van der Waals surface area contributed by atoms with Gasteiger partial charge in [0.05, 0.1) is 17.9 Å². The maximum absolute atomic E-state index is 13.1. The first-order valence-electron chi connectivity index (χ1n) is 10.6. The highest BCUT2D eigenvalue weighted by Crippen LogP contribution is 2.39. The van der Waals surface area contributed by atoms with E-state index in [-0.39, 0.29) is 5.75 Å². The van der Waals surface area contributed by atoms with Gasteiger partial charge in [-0.2, -0.15) is 13.9 Å². The third-order valence-electron chi connectivity index (χ3n) is 5.66. The number of carbonyl (C=O) groups excluding carboxylic acids is 1. The van der Waals surface area contributed by atoms with Crippen LogP contribution in [0.1, 0.15) is 47.6 Å². The second-order valence-electron chi connectivity index (χ2n) is 7.82. The minimum Gasteiger partial charge on any atom is -0.434 e. The van der Waals surface area contributed by atoms with Gasteiger partial charge < -0.3 is 15.5 Å². The first-order chi connectivity index (χ1) is 16.1. The maximum Gasteiger partial charge on any atom is 0.387 e. The standard InChI is InChI=1S/C22H22F2N6O2S/c23-22(24)32-18-7-6-14(33-13-4-1-2-5-13)10-15(18)19-17(12-26-29-19)28-21(31)16-11-27-30-9-3-8-25-20(16)30/h3,6-13,19,22,26,29H,1-2,4-5H2,(H,28,31). The third-order valence-corrected chi connectivity index (χ3v) is 6.99. The minimum absolute atomic E-state index is 0.0553. The average molecular weight is 473 g/mol. The highest BCUT2D eigenvalue weighted by Gasteiger charge is 2.28. The number of nitrogens with zero attached hydrogens (tertiary/aromatic N) is 3. The lowest BCUT2D eigenvalue weighted by molar-refractivity contribution is -0.0506. The van der Waals surface area contributed by atoms with Crippen LogP contribution in [0.4, 0.5) is 8.78 Å². The van der Waals surface area contributed by atoms with E-state index in [0.29, 0.717) is 27.7 Å². The van der Waals surface area contributed by atoms with Crippen molar-refractivity contribution in [3.63, 3.8) is 0 Å². The van der Waals surface area contributed by atoms with Gasteiger partial charge in [0.25, 0.3) is 5.91 Å². The molecule has 0 saturated heterocycles. The zero-order valence-electron chi connectivity index (χ0n) is 17.5. The van der Waals surface area contributed by atoms with Gasteiger partial charge in [-0.25, -0.2) is 14.9 Å². The van der Waals surface area contributed by atoms with Crippen molar-refractivity contribution < 1.29 is 18.3 Å². The van der Waals surface area contributed by atoms with Crippen LogP contribution in [0.2, 0.25) is 0 Å². The summed E-state index contributed by atoms with van der Waals surface area (Å²) in [6.45, 7) is -2.96. The van der Waals surface area contributed by atoms with Gasteiger partial charge in [0.2, 0.25) is 0 Å². The normalized spacial score (nSPS) is 18.5. The quantitative estimate of drug-likeness (QED) is 0.482. The van der Waals surface area contributed by atoms with E-state index in [1.165, 1.54) is 23.6 Å². The number of nitrogens with one attached hydrogen (secondary N) is 3. The summed E-state index contributed by atoms with van der Waals surface area (Å²) in [6.07, 6.45) is 11.0. The summed E-state index contributed by atoms with van der Waals surface area (Å²) in [5.74, 6) is -0.349. The zero-order chi connectivity index (χ0) is 22.8. The average Bonchev–Trinajstić information content (AvgIpc) is 3.55. The summed E-state index contributed by atoms with van der Waals surface area (Å²) >= 11 is 1.75. The van der Waals surface area contributed by atoms with E-state index in [1.54, 1.807) is 48.6 Å². The topological polar surface area (TPSA) is 92.6 Å². The van der Waals surface area contributed by atoms with E-state index in [9.17, 15) is 13.6 Å². The number of hydrazine groups is 1. The van der Waals surface area contributed by atoms with Gasteiger partial charge in [0, 0.05) is 34.3 Å². The lowest BCUT2D eigenvalue weighted by Gasteiger charge is -2.21.